The summed E-state index contributed by atoms with van der Waals surface area (Å²) >= 11 is 0. The summed E-state index contributed by atoms with van der Waals surface area (Å²) in [5.74, 6) is -4.05. The third-order valence-corrected chi connectivity index (χ3v) is 7.67. The zero-order valence-electron chi connectivity index (χ0n) is 29.6. The molecule has 0 aliphatic heterocycles. The lowest BCUT2D eigenvalue weighted by Gasteiger charge is -2.25. The molecule has 0 bridgehead atoms. The molecular formula is C38H52O11. The van der Waals surface area contributed by atoms with Crippen molar-refractivity contribution in [2.75, 3.05) is 19.8 Å². The first kappa shape index (κ1) is 40.8. The Bertz CT molecular complexity index is 1300. The number of carbonyl (C=O) groups is 5. The second-order valence-corrected chi connectivity index (χ2v) is 12.2. The third-order valence-electron chi connectivity index (χ3n) is 7.67. The van der Waals surface area contributed by atoms with E-state index in [-0.39, 0.29) is 6.61 Å². The van der Waals surface area contributed by atoms with Crippen LogP contribution in [-0.4, -0.2) is 55.5 Å². The van der Waals surface area contributed by atoms with E-state index in [0.717, 1.165) is 78.1 Å². The number of ether oxygens (including phenoxy) is 6. The first-order chi connectivity index (χ1) is 23.4. The van der Waals surface area contributed by atoms with Crippen molar-refractivity contribution in [3.8, 4) is 11.5 Å². The molecule has 0 spiro atoms. The van der Waals surface area contributed by atoms with E-state index in [9.17, 15) is 24.0 Å². The van der Waals surface area contributed by atoms with Gasteiger partial charge in [-0.3, -0.25) is 9.59 Å². The van der Waals surface area contributed by atoms with Gasteiger partial charge in [0.2, 0.25) is 0 Å². The predicted octanol–water partition coefficient (Wildman–Crippen LogP) is 7.77. The van der Waals surface area contributed by atoms with E-state index in [1.807, 2.05) is 13.8 Å². The maximum Gasteiger partial charge on any atom is 0.392 e. The van der Waals surface area contributed by atoms with Gasteiger partial charge < -0.3 is 28.4 Å². The fourth-order valence-electron chi connectivity index (χ4n) is 4.69. The summed E-state index contributed by atoms with van der Waals surface area (Å²) in [5.41, 5.74) is 0.800. The highest BCUT2D eigenvalue weighted by Gasteiger charge is 2.42. The van der Waals surface area contributed by atoms with Crippen LogP contribution in [0.1, 0.15) is 126 Å². The normalized spacial score (nSPS) is 11.6. The molecule has 2 rings (SSSR count). The fourth-order valence-corrected chi connectivity index (χ4v) is 4.69. The monoisotopic (exact) mass is 684 g/mol. The second kappa shape index (κ2) is 22.3. The highest BCUT2D eigenvalue weighted by atomic mass is 16.8. The van der Waals surface area contributed by atoms with Gasteiger partial charge in [0.15, 0.2) is 0 Å². The second-order valence-electron chi connectivity index (χ2n) is 12.2. The molecule has 49 heavy (non-hydrogen) atoms. The quantitative estimate of drug-likeness (QED) is 0.0373. The maximum atomic E-state index is 12.6. The summed E-state index contributed by atoms with van der Waals surface area (Å²) in [7, 11) is 0. The van der Waals surface area contributed by atoms with E-state index in [1.54, 1.807) is 48.5 Å². The van der Waals surface area contributed by atoms with E-state index in [0.29, 0.717) is 48.2 Å². The Morgan fingerprint density at radius 1 is 0.612 bits per heavy atom. The first-order valence-corrected chi connectivity index (χ1v) is 17.2. The molecular weight excluding hydrogens is 632 g/mol. The third kappa shape index (κ3) is 16.5. The Morgan fingerprint density at radius 2 is 1.06 bits per heavy atom. The summed E-state index contributed by atoms with van der Waals surface area (Å²) in [6, 6.07) is 13.1. The van der Waals surface area contributed by atoms with E-state index in [4.69, 9.17) is 28.4 Å². The van der Waals surface area contributed by atoms with Crippen LogP contribution in [0.5, 0.6) is 11.5 Å². The molecule has 0 saturated carbocycles. The Morgan fingerprint density at radius 3 is 1.55 bits per heavy atom. The van der Waals surface area contributed by atoms with E-state index in [2.05, 4.69) is 0 Å². The number of carbonyl (C=O) groups excluding carboxylic acids is 5. The van der Waals surface area contributed by atoms with Crippen molar-refractivity contribution in [2.45, 2.75) is 111 Å². The number of benzene rings is 2. The largest absolute Gasteiger partial charge is 0.494 e. The van der Waals surface area contributed by atoms with Crippen LogP contribution >= 0.6 is 0 Å². The summed E-state index contributed by atoms with van der Waals surface area (Å²) < 4.78 is 31.4. The molecule has 0 fully saturated rings. The molecule has 11 heteroatoms. The molecule has 1 atom stereocenters. The van der Waals surface area contributed by atoms with E-state index in [1.165, 1.54) is 6.92 Å². The van der Waals surface area contributed by atoms with Crippen molar-refractivity contribution in [3.05, 3.63) is 59.7 Å². The summed E-state index contributed by atoms with van der Waals surface area (Å²) in [4.78, 5) is 59.4. The molecule has 2 aromatic rings. The average molecular weight is 685 g/mol. The average Bonchev–Trinajstić information content (AvgIpc) is 3.06. The van der Waals surface area contributed by atoms with Crippen LogP contribution < -0.4 is 9.47 Å². The first-order valence-electron chi connectivity index (χ1n) is 17.2. The van der Waals surface area contributed by atoms with Crippen LogP contribution in [0.2, 0.25) is 0 Å². The van der Waals surface area contributed by atoms with Gasteiger partial charge in [0.25, 0.3) is 0 Å². The highest BCUT2D eigenvalue weighted by Crippen LogP contribution is 2.19. The van der Waals surface area contributed by atoms with Gasteiger partial charge >= 0.3 is 35.6 Å². The van der Waals surface area contributed by atoms with Gasteiger partial charge in [0.05, 0.1) is 30.9 Å². The minimum absolute atomic E-state index is 0.158. The molecule has 0 radical (unpaired) electrons. The smallest absolute Gasteiger partial charge is 0.392 e. The van der Waals surface area contributed by atoms with Crippen molar-refractivity contribution < 1.29 is 52.4 Å². The maximum absolute atomic E-state index is 12.6. The van der Waals surface area contributed by atoms with Crippen molar-refractivity contribution in [1.29, 1.82) is 0 Å². The lowest BCUT2D eigenvalue weighted by atomic mass is 10.1. The number of esters is 5. The van der Waals surface area contributed by atoms with Crippen LogP contribution in [0.3, 0.4) is 0 Å². The van der Waals surface area contributed by atoms with Gasteiger partial charge in [0.1, 0.15) is 11.5 Å². The SMILES string of the molecule is CCC(C)COC(=O)c1ccc(OC(=O)c2ccc(OCCCCCCCCCCCCOC(=O)C(C)(OC(C)=O)OC(C)=O)cc2)cc1. The Labute approximate surface area is 289 Å². The predicted molar refractivity (Wildman–Crippen MR) is 182 cm³/mol. The van der Waals surface area contributed by atoms with Crippen LogP contribution in [0.25, 0.3) is 0 Å². The van der Waals surface area contributed by atoms with Gasteiger partial charge in [-0.25, -0.2) is 14.4 Å². The summed E-state index contributed by atoms with van der Waals surface area (Å²) in [6.07, 6.45) is 11.2. The molecule has 0 aliphatic rings. The topological polar surface area (TPSA) is 141 Å². The van der Waals surface area contributed by atoms with Gasteiger partial charge in [0, 0.05) is 20.8 Å². The molecule has 0 amide bonds. The molecule has 1 unspecified atom stereocenters. The highest BCUT2D eigenvalue weighted by molar-refractivity contribution is 5.92. The van der Waals surface area contributed by atoms with Gasteiger partial charge in [-0.2, -0.15) is 0 Å². The fraction of sp³-hybridized carbons (Fsp3) is 0.553. The number of unbranched alkanes of at least 4 members (excludes halogenated alkanes) is 9. The Balaban J connectivity index is 1.51. The molecule has 0 aliphatic carbocycles. The molecule has 270 valence electrons. The molecule has 0 heterocycles. The van der Waals surface area contributed by atoms with Gasteiger partial charge in [-0.15, -0.1) is 0 Å². The molecule has 11 nitrogen and oxygen atoms in total. The lowest BCUT2D eigenvalue weighted by molar-refractivity contribution is -0.232. The molecule has 0 N–H and O–H groups in total. The minimum atomic E-state index is -2.07. The zero-order chi connectivity index (χ0) is 36.1. The van der Waals surface area contributed by atoms with Crippen LogP contribution in [0.15, 0.2) is 48.5 Å². The van der Waals surface area contributed by atoms with Gasteiger partial charge in [-0.1, -0.05) is 71.6 Å². The zero-order valence-corrected chi connectivity index (χ0v) is 29.6. The van der Waals surface area contributed by atoms with Crippen molar-refractivity contribution in [2.24, 2.45) is 5.92 Å². The number of hydrogen-bond donors (Lipinski definition) is 0. The van der Waals surface area contributed by atoms with Crippen LogP contribution in [0, 0.1) is 5.92 Å². The number of rotatable bonds is 23. The minimum Gasteiger partial charge on any atom is -0.494 e. The van der Waals surface area contributed by atoms with E-state index < -0.39 is 35.6 Å². The lowest BCUT2D eigenvalue weighted by Crippen LogP contribution is -2.45. The van der Waals surface area contributed by atoms with Gasteiger partial charge in [-0.05, 0) is 67.3 Å². The van der Waals surface area contributed by atoms with E-state index >= 15 is 0 Å². The van der Waals surface area contributed by atoms with Crippen molar-refractivity contribution in [1.82, 2.24) is 0 Å². The van der Waals surface area contributed by atoms with Crippen molar-refractivity contribution >= 4 is 29.8 Å². The summed E-state index contributed by atoms with van der Waals surface area (Å²) in [6.45, 7) is 8.62. The molecule has 2 aromatic carbocycles. The van der Waals surface area contributed by atoms with Crippen molar-refractivity contribution in [3.63, 3.8) is 0 Å². The summed E-state index contributed by atoms with van der Waals surface area (Å²) in [5, 5.41) is 0. The molecule has 0 saturated heterocycles. The van der Waals surface area contributed by atoms with Crippen LogP contribution in [-0.2, 0) is 33.3 Å². The van der Waals surface area contributed by atoms with Crippen LogP contribution in [0.4, 0.5) is 0 Å². The molecule has 0 aromatic heterocycles. The number of hydrogen-bond acceptors (Lipinski definition) is 11. The Hall–Kier alpha value is -4.41. The standard InChI is InChI=1S/C38H52O11/c1-6-28(2)27-46-35(41)31-19-23-34(24-20-31)47-36(42)32-17-21-33(22-18-32)44-25-15-13-11-9-7-8-10-12-14-16-26-45-37(43)38(5,48-29(3)39)49-30(4)40/h17-24,28H,6-16,25-27H2,1-5H3. The Kier molecular flexibility index (Phi) is 18.5.